The minimum atomic E-state index is -4.59. The monoisotopic (exact) mass is 377 g/mol. The Bertz CT molecular complexity index is 533. The van der Waals surface area contributed by atoms with E-state index >= 15 is 0 Å². The van der Waals surface area contributed by atoms with Crippen molar-refractivity contribution in [2.24, 2.45) is 0 Å². The summed E-state index contributed by atoms with van der Waals surface area (Å²) < 4.78 is 31.5. The fraction of sp³-hybridized carbons (Fsp3) is 0.882. The molecule has 0 radical (unpaired) electrons. The molecule has 1 aliphatic heterocycles. The van der Waals surface area contributed by atoms with Crippen LogP contribution in [0.1, 0.15) is 84.5 Å². The zero-order valence-electron chi connectivity index (χ0n) is 15.3. The zero-order chi connectivity index (χ0) is 18.9. The van der Waals surface area contributed by atoms with Crippen LogP contribution < -0.4 is 0 Å². The molecule has 1 N–H and O–H groups in total. The Labute approximate surface area is 150 Å². The minimum absolute atomic E-state index is 0.291. The van der Waals surface area contributed by atoms with Crippen LogP contribution >= 0.6 is 0 Å². The number of unbranched alkanes of at least 4 members (excludes halogenated alkanes) is 6. The van der Waals surface area contributed by atoms with Crippen LogP contribution in [0.15, 0.2) is 0 Å². The van der Waals surface area contributed by atoms with Crippen LogP contribution in [0.4, 0.5) is 0 Å². The number of rotatable bonds is 13. The highest BCUT2D eigenvalue weighted by molar-refractivity contribution is 7.87. The van der Waals surface area contributed by atoms with E-state index in [1.165, 1.54) is 6.42 Å². The van der Waals surface area contributed by atoms with E-state index in [2.05, 4.69) is 13.8 Å². The first kappa shape index (κ1) is 22.1. The van der Waals surface area contributed by atoms with Gasteiger partial charge in [0.05, 0.1) is 12.5 Å². The molecule has 1 rings (SSSR count). The summed E-state index contributed by atoms with van der Waals surface area (Å²) in [6.45, 7) is 4.23. The predicted octanol–water partition coefficient (Wildman–Crippen LogP) is 3.24. The lowest BCUT2D eigenvalue weighted by Crippen LogP contribution is -2.38. The standard InChI is InChI=1S/C17H31NO6S/c1-3-5-7-8-10-12-14(11-9-6-4-2)24-18-16(19)13-15(17(18)20)25(21,22)23/h14-15H,3-13H2,1-2H3,(H,21,22,23). The van der Waals surface area contributed by atoms with Gasteiger partial charge < -0.3 is 0 Å². The minimum Gasteiger partial charge on any atom is -0.285 e. The van der Waals surface area contributed by atoms with Crippen molar-refractivity contribution in [2.45, 2.75) is 95.8 Å². The SMILES string of the molecule is CCCCCCCC(CCCCC)ON1C(=O)CC(S(=O)(=O)O)C1=O. The smallest absolute Gasteiger partial charge is 0.277 e. The lowest BCUT2D eigenvalue weighted by molar-refractivity contribution is -0.204. The first-order chi connectivity index (χ1) is 11.8. The van der Waals surface area contributed by atoms with Gasteiger partial charge in [-0.25, -0.2) is 0 Å². The summed E-state index contributed by atoms with van der Waals surface area (Å²) >= 11 is 0. The molecule has 0 aromatic carbocycles. The molecule has 25 heavy (non-hydrogen) atoms. The van der Waals surface area contributed by atoms with E-state index in [-0.39, 0.29) is 6.10 Å². The highest BCUT2D eigenvalue weighted by Gasteiger charge is 2.47. The van der Waals surface area contributed by atoms with E-state index in [0.29, 0.717) is 5.06 Å². The van der Waals surface area contributed by atoms with Crippen molar-refractivity contribution in [1.82, 2.24) is 5.06 Å². The van der Waals surface area contributed by atoms with Gasteiger partial charge in [0, 0.05) is 0 Å². The number of hydrogen-bond donors (Lipinski definition) is 1. The average molecular weight is 378 g/mol. The van der Waals surface area contributed by atoms with E-state index in [4.69, 9.17) is 9.39 Å². The molecule has 1 aliphatic rings. The second-order valence-electron chi connectivity index (χ2n) is 6.66. The third kappa shape index (κ3) is 7.42. The van der Waals surface area contributed by atoms with Crippen molar-refractivity contribution >= 4 is 21.9 Å². The first-order valence-corrected chi connectivity index (χ1v) is 10.8. The Hall–Kier alpha value is -0.990. The predicted molar refractivity (Wildman–Crippen MR) is 94.2 cm³/mol. The summed E-state index contributed by atoms with van der Waals surface area (Å²) in [5, 5.41) is -1.18. The Morgan fingerprint density at radius 1 is 1.04 bits per heavy atom. The number of carbonyl (C=O) groups is 2. The van der Waals surface area contributed by atoms with E-state index in [0.717, 1.165) is 57.8 Å². The van der Waals surface area contributed by atoms with Gasteiger partial charge in [-0.2, -0.15) is 13.5 Å². The molecule has 0 aliphatic carbocycles. The molecule has 8 heteroatoms. The lowest BCUT2D eigenvalue weighted by Gasteiger charge is -2.22. The van der Waals surface area contributed by atoms with Crippen molar-refractivity contribution in [3.63, 3.8) is 0 Å². The van der Waals surface area contributed by atoms with Crippen LogP contribution in [0, 0.1) is 0 Å². The number of carbonyl (C=O) groups excluding carboxylic acids is 2. The Kier molecular flexibility index (Phi) is 9.60. The Balaban J connectivity index is 2.62. The molecule has 1 fully saturated rings. The second kappa shape index (κ2) is 10.9. The van der Waals surface area contributed by atoms with E-state index in [1.807, 2.05) is 0 Å². The van der Waals surface area contributed by atoms with Crippen molar-refractivity contribution in [1.29, 1.82) is 0 Å². The summed E-state index contributed by atoms with van der Waals surface area (Å²) in [5.74, 6) is -1.70. The number of imide groups is 1. The molecule has 146 valence electrons. The maximum atomic E-state index is 12.1. The van der Waals surface area contributed by atoms with E-state index < -0.39 is 33.6 Å². The van der Waals surface area contributed by atoms with Crippen molar-refractivity contribution in [3.8, 4) is 0 Å². The van der Waals surface area contributed by atoms with Gasteiger partial charge in [-0.05, 0) is 12.8 Å². The van der Waals surface area contributed by atoms with Gasteiger partial charge in [0.2, 0.25) is 0 Å². The molecule has 0 spiro atoms. The van der Waals surface area contributed by atoms with Crippen molar-refractivity contribution in [2.75, 3.05) is 0 Å². The van der Waals surface area contributed by atoms with Crippen LogP contribution in [-0.4, -0.2) is 41.2 Å². The Morgan fingerprint density at radius 3 is 2.08 bits per heavy atom. The number of nitrogens with zero attached hydrogens (tertiary/aromatic N) is 1. The summed E-state index contributed by atoms with van der Waals surface area (Å²) in [5.41, 5.74) is 0. The summed E-state index contributed by atoms with van der Waals surface area (Å²) in [6.07, 6.45) is 9.09. The zero-order valence-corrected chi connectivity index (χ0v) is 16.1. The quantitative estimate of drug-likeness (QED) is 0.300. The third-order valence-corrected chi connectivity index (χ3v) is 5.52. The van der Waals surface area contributed by atoms with Crippen LogP contribution in [0.25, 0.3) is 0 Å². The largest absolute Gasteiger partial charge is 0.285 e. The fourth-order valence-electron chi connectivity index (χ4n) is 2.92. The summed E-state index contributed by atoms with van der Waals surface area (Å²) in [4.78, 5) is 29.6. The molecule has 0 aromatic heterocycles. The Morgan fingerprint density at radius 2 is 1.56 bits per heavy atom. The van der Waals surface area contributed by atoms with Crippen molar-refractivity contribution < 1.29 is 27.4 Å². The topological polar surface area (TPSA) is 101 Å². The fourth-order valence-corrected chi connectivity index (χ4v) is 3.63. The lowest BCUT2D eigenvalue weighted by atomic mass is 10.0. The second-order valence-corrected chi connectivity index (χ2v) is 8.26. The van der Waals surface area contributed by atoms with Crippen LogP contribution in [-0.2, 0) is 24.5 Å². The van der Waals surface area contributed by atoms with E-state index in [9.17, 15) is 18.0 Å². The normalized spacial score (nSPS) is 19.6. The van der Waals surface area contributed by atoms with Gasteiger partial charge in [-0.3, -0.25) is 19.0 Å². The average Bonchev–Trinajstić information content (AvgIpc) is 2.82. The molecule has 0 saturated carbocycles. The highest BCUT2D eigenvalue weighted by atomic mass is 32.2. The number of hydrogen-bond acceptors (Lipinski definition) is 5. The van der Waals surface area contributed by atoms with Gasteiger partial charge >= 0.3 is 0 Å². The highest BCUT2D eigenvalue weighted by Crippen LogP contribution is 2.23. The first-order valence-electron chi connectivity index (χ1n) is 9.31. The van der Waals surface area contributed by atoms with Crippen molar-refractivity contribution in [3.05, 3.63) is 0 Å². The van der Waals surface area contributed by atoms with Crippen LogP contribution in [0.2, 0.25) is 0 Å². The van der Waals surface area contributed by atoms with Gasteiger partial charge in [0.25, 0.3) is 21.9 Å². The number of amides is 2. The molecular formula is C17H31NO6S. The van der Waals surface area contributed by atoms with Gasteiger partial charge in [0.15, 0.2) is 5.25 Å². The third-order valence-electron chi connectivity index (χ3n) is 4.44. The van der Waals surface area contributed by atoms with Gasteiger partial charge in [0.1, 0.15) is 0 Å². The molecule has 1 heterocycles. The molecule has 0 bridgehead atoms. The van der Waals surface area contributed by atoms with Gasteiger partial charge in [-0.15, -0.1) is 0 Å². The van der Waals surface area contributed by atoms with Crippen LogP contribution in [0.3, 0.4) is 0 Å². The summed E-state index contributed by atoms with van der Waals surface area (Å²) in [7, 11) is -4.59. The van der Waals surface area contributed by atoms with Crippen LogP contribution in [0.5, 0.6) is 0 Å². The maximum Gasteiger partial charge on any atom is 0.277 e. The molecule has 2 unspecified atom stereocenters. The molecule has 2 amide bonds. The molecule has 2 atom stereocenters. The maximum absolute atomic E-state index is 12.1. The number of hydroxylamine groups is 2. The molecule has 1 saturated heterocycles. The molecule has 0 aromatic rings. The van der Waals surface area contributed by atoms with E-state index in [1.54, 1.807) is 0 Å². The summed E-state index contributed by atoms with van der Waals surface area (Å²) in [6, 6.07) is 0. The molecular weight excluding hydrogens is 346 g/mol. The molecule has 7 nitrogen and oxygen atoms in total. The van der Waals surface area contributed by atoms with Gasteiger partial charge in [-0.1, -0.05) is 65.2 Å².